The third-order valence-electron chi connectivity index (χ3n) is 4.42. The molecule has 0 aromatic heterocycles. The van der Waals surface area contributed by atoms with E-state index in [4.69, 9.17) is 19.4 Å². The summed E-state index contributed by atoms with van der Waals surface area (Å²) in [6, 6.07) is 4.87. The molecule has 0 spiro atoms. The van der Waals surface area contributed by atoms with Crippen molar-refractivity contribution in [3.63, 3.8) is 0 Å². The Morgan fingerprint density at radius 3 is 2.09 bits per heavy atom. The van der Waals surface area contributed by atoms with Gasteiger partial charge in [0.2, 0.25) is 0 Å². The van der Waals surface area contributed by atoms with Crippen molar-refractivity contribution in [2.75, 3.05) is 6.61 Å². The predicted molar refractivity (Wildman–Crippen MR) is 97.1 cm³/mol. The molecule has 5 N–H and O–H groups in total. The second-order valence-electron chi connectivity index (χ2n) is 6.84. The fraction of sp³-hybridized carbons (Fsp3) is 0.538. The smallest absolute Gasteiger partial charge is 0.390 e. The summed E-state index contributed by atoms with van der Waals surface area (Å²) in [5.41, 5.74) is -2.46. The van der Waals surface area contributed by atoms with Gasteiger partial charge in [-0.3, -0.25) is 4.52 Å². The van der Waals surface area contributed by atoms with Gasteiger partial charge in [-0.1, -0.05) is 24.3 Å². The van der Waals surface area contributed by atoms with E-state index in [9.17, 15) is 36.9 Å². The molecule has 2 aliphatic heterocycles. The van der Waals surface area contributed by atoms with Gasteiger partial charge < -0.3 is 29.4 Å². The molecule has 2 heterocycles. The molecule has 2 aliphatic rings. The molecule has 0 amide bonds. The Balaban J connectivity index is 1.58. The number of phosphoric acid groups is 3. The van der Waals surface area contributed by atoms with Crippen LogP contribution in [0.1, 0.15) is 23.7 Å². The van der Waals surface area contributed by atoms with Gasteiger partial charge in [0, 0.05) is 12.0 Å². The van der Waals surface area contributed by atoms with Crippen LogP contribution < -0.4 is 0 Å². The van der Waals surface area contributed by atoms with Crippen LogP contribution in [0.15, 0.2) is 34.5 Å². The van der Waals surface area contributed by atoms with Crippen molar-refractivity contribution in [3.05, 3.63) is 35.4 Å². The first-order chi connectivity index (χ1) is 14.9. The summed E-state index contributed by atoms with van der Waals surface area (Å²) in [7, 11) is -16.7. The number of hydrogen-bond acceptors (Lipinski definition) is 10. The Morgan fingerprint density at radius 1 is 1.03 bits per heavy atom. The lowest BCUT2D eigenvalue weighted by molar-refractivity contribution is -0.166. The number of hydrogen-bond donors (Lipinski definition) is 5. The van der Waals surface area contributed by atoms with E-state index in [1.807, 2.05) is 0 Å². The molecule has 0 saturated carbocycles. The lowest BCUT2D eigenvalue weighted by Gasteiger charge is -2.19. The quantitative estimate of drug-likeness (QED) is 0.285. The van der Waals surface area contributed by atoms with Crippen molar-refractivity contribution in [1.82, 2.24) is 0 Å². The maximum atomic E-state index is 13.1. The number of alkyl halides is 3. The largest absolute Gasteiger partial charge is 0.490 e. The van der Waals surface area contributed by atoms with E-state index < -0.39 is 60.2 Å². The fourth-order valence-corrected chi connectivity index (χ4v) is 5.97. The van der Waals surface area contributed by atoms with E-state index in [2.05, 4.69) is 23.4 Å². The Hall–Kier alpha value is -1.06. The molecule has 2 unspecified atom stereocenters. The SMILES string of the molecule is O=P(O)(O)OP(=O)(O)OP(=O)(O)OC[C@H]1O[C@@H](c2ccc(C3(C(F)(F)F)N=N3)cc2)C[C@@H]1O. The highest BCUT2D eigenvalue weighted by Gasteiger charge is 2.65. The van der Waals surface area contributed by atoms with Gasteiger partial charge in [-0.05, 0) is 5.56 Å². The average Bonchev–Trinajstić information content (AvgIpc) is 3.36. The number of phosphoric ester groups is 1. The molecule has 3 rings (SSSR count). The normalized spacial score (nSPS) is 28.3. The van der Waals surface area contributed by atoms with Crippen LogP contribution in [0.3, 0.4) is 0 Å². The Morgan fingerprint density at radius 2 is 1.61 bits per heavy atom. The van der Waals surface area contributed by atoms with E-state index in [1.54, 1.807) is 0 Å². The van der Waals surface area contributed by atoms with Gasteiger partial charge in [0.15, 0.2) is 0 Å². The van der Waals surface area contributed by atoms with E-state index in [1.165, 1.54) is 12.1 Å². The molecule has 0 bridgehead atoms. The topological polar surface area (TPSA) is 214 Å². The number of aliphatic hydroxyl groups is 1. The summed E-state index contributed by atoms with van der Waals surface area (Å²) in [4.78, 5) is 35.5. The van der Waals surface area contributed by atoms with Gasteiger partial charge in [0.1, 0.15) is 6.10 Å². The minimum Gasteiger partial charge on any atom is -0.390 e. The van der Waals surface area contributed by atoms with Gasteiger partial charge >= 0.3 is 35.3 Å². The molecular formula is C13H16F3N2O12P3. The molecule has 20 heteroatoms. The molecule has 14 nitrogen and oxygen atoms in total. The first kappa shape index (κ1) is 26.5. The molecule has 5 atom stereocenters. The molecule has 0 radical (unpaired) electrons. The van der Waals surface area contributed by atoms with Gasteiger partial charge in [0.05, 0.1) is 18.8 Å². The summed E-state index contributed by atoms with van der Waals surface area (Å²) in [6.45, 7) is -0.867. The molecule has 0 aliphatic carbocycles. The van der Waals surface area contributed by atoms with Crippen molar-refractivity contribution in [3.8, 4) is 0 Å². The number of rotatable bonds is 9. The Bertz CT molecular complexity index is 1050. The summed E-state index contributed by atoms with van der Waals surface area (Å²) < 4.78 is 89.8. The Labute approximate surface area is 182 Å². The second-order valence-corrected chi connectivity index (χ2v) is 11.3. The molecule has 33 heavy (non-hydrogen) atoms. The molecule has 186 valence electrons. The van der Waals surface area contributed by atoms with E-state index in [0.717, 1.165) is 12.1 Å². The maximum absolute atomic E-state index is 13.1. The average molecular weight is 542 g/mol. The number of halogens is 3. The first-order valence-electron chi connectivity index (χ1n) is 8.66. The van der Waals surface area contributed by atoms with E-state index in [0.29, 0.717) is 5.56 Å². The fourth-order valence-electron chi connectivity index (χ4n) is 2.94. The highest BCUT2D eigenvalue weighted by atomic mass is 31.3. The van der Waals surface area contributed by atoms with Crippen molar-refractivity contribution in [2.24, 2.45) is 10.2 Å². The van der Waals surface area contributed by atoms with Crippen LogP contribution in [-0.2, 0) is 37.2 Å². The summed E-state index contributed by atoms with van der Waals surface area (Å²) in [6.07, 6.45) is -8.18. The minimum atomic E-state index is -5.70. The standard InChI is InChI=1S/C13H16F3N2O12P3/c14-13(15,16)12(17-18-12)8-3-1-7(2-4-8)10-5-9(19)11(28-10)6-27-32(23,24)30-33(25,26)29-31(20,21)22/h1-4,9-11,19H,5-6H2,(H,23,24)(H,25,26)(H2,20,21,22)/t9-,10+,11+/m0/s1. The molecule has 1 saturated heterocycles. The molecular weight excluding hydrogens is 526 g/mol. The van der Waals surface area contributed by atoms with Crippen LogP contribution in [0.25, 0.3) is 0 Å². The zero-order valence-corrected chi connectivity index (χ0v) is 18.6. The second kappa shape index (κ2) is 8.86. The summed E-state index contributed by atoms with van der Waals surface area (Å²) >= 11 is 0. The van der Waals surface area contributed by atoms with Gasteiger partial charge in [-0.15, -0.1) is 10.2 Å². The number of nitrogens with zero attached hydrogens (tertiary/aromatic N) is 2. The predicted octanol–water partition coefficient (Wildman–Crippen LogP) is 2.40. The molecule has 1 fully saturated rings. The summed E-state index contributed by atoms with van der Waals surface area (Å²) in [5, 5.41) is 16.2. The van der Waals surface area contributed by atoms with Crippen LogP contribution in [0.4, 0.5) is 13.2 Å². The van der Waals surface area contributed by atoms with Crippen molar-refractivity contribution >= 4 is 23.5 Å². The van der Waals surface area contributed by atoms with Crippen molar-refractivity contribution in [1.29, 1.82) is 0 Å². The minimum absolute atomic E-state index is 0.0804. The van der Waals surface area contributed by atoms with E-state index in [-0.39, 0.29) is 12.0 Å². The van der Waals surface area contributed by atoms with Crippen LogP contribution in [0.5, 0.6) is 0 Å². The first-order valence-corrected chi connectivity index (χ1v) is 13.2. The third kappa shape index (κ3) is 6.54. The van der Waals surface area contributed by atoms with Crippen molar-refractivity contribution in [2.45, 2.75) is 36.6 Å². The van der Waals surface area contributed by atoms with Crippen LogP contribution in [0, 0.1) is 0 Å². The van der Waals surface area contributed by atoms with Gasteiger partial charge in [-0.25, -0.2) is 13.7 Å². The summed E-state index contributed by atoms with van der Waals surface area (Å²) in [5.74, 6) is 0. The van der Waals surface area contributed by atoms with Gasteiger partial charge in [-0.2, -0.15) is 21.8 Å². The number of aliphatic hydroxyl groups excluding tert-OH is 1. The number of ether oxygens (including phenoxy) is 1. The van der Waals surface area contributed by atoms with Crippen LogP contribution in [0.2, 0.25) is 0 Å². The third-order valence-corrected chi connectivity index (χ3v) is 8.22. The zero-order valence-electron chi connectivity index (χ0n) is 15.9. The number of benzene rings is 1. The van der Waals surface area contributed by atoms with Crippen LogP contribution in [-0.4, -0.2) is 49.7 Å². The van der Waals surface area contributed by atoms with Crippen molar-refractivity contribution < 1.29 is 69.4 Å². The lowest BCUT2D eigenvalue weighted by Crippen LogP contribution is -2.30. The lowest BCUT2D eigenvalue weighted by atomic mass is 9.98. The maximum Gasteiger partial charge on any atom is 0.490 e. The monoisotopic (exact) mass is 542 g/mol. The van der Waals surface area contributed by atoms with E-state index >= 15 is 0 Å². The highest BCUT2D eigenvalue weighted by molar-refractivity contribution is 7.66. The molecule has 1 aromatic rings. The Kier molecular flexibility index (Phi) is 7.13. The van der Waals surface area contributed by atoms with Gasteiger partial charge in [0.25, 0.3) is 0 Å². The zero-order chi connectivity index (χ0) is 24.9. The van der Waals surface area contributed by atoms with Crippen LogP contribution >= 0.6 is 23.5 Å². The molecule has 1 aromatic carbocycles. The highest BCUT2D eigenvalue weighted by Crippen LogP contribution is 2.66.